The van der Waals surface area contributed by atoms with E-state index in [-0.39, 0.29) is 23.4 Å². The highest BCUT2D eigenvalue weighted by atomic mass is 16.4. The monoisotopic (exact) mass is 248 g/mol. The van der Waals surface area contributed by atoms with Crippen LogP contribution in [0.2, 0.25) is 0 Å². The molecular formula is C13H16N2O3. The van der Waals surface area contributed by atoms with Gasteiger partial charge in [-0.25, -0.2) is 9.78 Å². The van der Waals surface area contributed by atoms with E-state index in [1.54, 1.807) is 11.0 Å². The summed E-state index contributed by atoms with van der Waals surface area (Å²) in [5.74, 6) is -0.525. The molecule has 1 aromatic rings. The first-order valence-corrected chi connectivity index (χ1v) is 6.03. The van der Waals surface area contributed by atoms with Crippen LogP contribution >= 0.6 is 0 Å². The van der Waals surface area contributed by atoms with E-state index in [0.29, 0.717) is 5.82 Å². The van der Waals surface area contributed by atoms with Crippen molar-refractivity contribution >= 4 is 17.7 Å². The maximum atomic E-state index is 12.1. The van der Waals surface area contributed by atoms with E-state index >= 15 is 0 Å². The Balaban J connectivity index is 2.26. The Kier molecular flexibility index (Phi) is 3.32. The number of carbonyl (C=O) groups excluding carboxylic acids is 1. The van der Waals surface area contributed by atoms with Crippen molar-refractivity contribution in [1.82, 2.24) is 4.98 Å². The van der Waals surface area contributed by atoms with Crippen LogP contribution < -0.4 is 4.90 Å². The van der Waals surface area contributed by atoms with Gasteiger partial charge in [0, 0.05) is 18.2 Å². The van der Waals surface area contributed by atoms with Crippen molar-refractivity contribution in [2.75, 3.05) is 4.90 Å². The van der Waals surface area contributed by atoms with Crippen molar-refractivity contribution in [3.63, 3.8) is 0 Å². The maximum Gasteiger partial charge on any atom is 0.337 e. The Morgan fingerprint density at radius 2 is 2.06 bits per heavy atom. The van der Waals surface area contributed by atoms with Crippen molar-refractivity contribution in [3.8, 4) is 0 Å². The van der Waals surface area contributed by atoms with Crippen LogP contribution in [0.5, 0.6) is 0 Å². The molecule has 5 nitrogen and oxygen atoms in total. The molecule has 1 heterocycles. The third kappa shape index (κ3) is 2.50. The van der Waals surface area contributed by atoms with E-state index < -0.39 is 5.97 Å². The van der Waals surface area contributed by atoms with Crippen LogP contribution in [0.4, 0.5) is 5.82 Å². The summed E-state index contributed by atoms with van der Waals surface area (Å²) in [4.78, 5) is 28.6. The number of hydrogen-bond acceptors (Lipinski definition) is 3. The summed E-state index contributed by atoms with van der Waals surface area (Å²) in [6, 6.07) is 3.30. The third-order valence-corrected chi connectivity index (χ3v) is 2.88. The van der Waals surface area contributed by atoms with E-state index in [1.165, 1.54) is 12.3 Å². The number of aromatic nitrogens is 1. The number of rotatable bonds is 4. The lowest BCUT2D eigenvalue weighted by Crippen LogP contribution is -2.36. The third-order valence-electron chi connectivity index (χ3n) is 2.88. The predicted octanol–water partition coefficient (Wildman–Crippen LogP) is 1.93. The van der Waals surface area contributed by atoms with Crippen molar-refractivity contribution in [3.05, 3.63) is 23.9 Å². The van der Waals surface area contributed by atoms with Gasteiger partial charge in [0.15, 0.2) is 0 Å². The van der Waals surface area contributed by atoms with Gasteiger partial charge in [-0.2, -0.15) is 0 Å². The Morgan fingerprint density at radius 1 is 1.39 bits per heavy atom. The van der Waals surface area contributed by atoms with Crippen LogP contribution in [-0.4, -0.2) is 28.0 Å². The number of carbonyl (C=O) groups is 2. The molecule has 0 saturated heterocycles. The highest BCUT2D eigenvalue weighted by molar-refractivity contribution is 5.95. The Labute approximate surface area is 105 Å². The molecule has 0 aliphatic heterocycles. The average molecular weight is 248 g/mol. The fraction of sp³-hybridized carbons (Fsp3) is 0.462. The molecule has 0 spiro atoms. The fourth-order valence-electron chi connectivity index (χ4n) is 1.75. The highest BCUT2D eigenvalue weighted by Gasteiger charge is 2.35. The maximum absolute atomic E-state index is 12.1. The van der Waals surface area contributed by atoms with E-state index in [4.69, 9.17) is 5.11 Å². The molecule has 96 valence electrons. The minimum absolute atomic E-state index is 0.0353. The Hall–Kier alpha value is -1.91. The van der Waals surface area contributed by atoms with Gasteiger partial charge in [-0.15, -0.1) is 0 Å². The number of carboxylic acid groups (broad SMARTS) is 1. The second-order valence-electron chi connectivity index (χ2n) is 4.80. The molecule has 0 aromatic carbocycles. The van der Waals surface area contributed by atoms with Gasteiger partial charge in [-0.05, 0) is 25.0 Å². The molecule has 0 atom stereocenters. The highest BCUT2D eigenvalue weighted by Crippen LogP contribution is 2.31. The summed E-state index contributed by atoms with van der Waals surface area (Å²) in [6.07, 6.45) is 3.27. The van der Waals surface area contributed by atoms with E-state index in [1.807, 2.05) is 13.8 Å². The van der Waals surface area contributed by atoms with Gasteiger partial charge < -0.3 is 5.11 Å². The molecule has 0 radical (unpaired) electrons. The van der Waals surface area contributed by atoms with Crippen LogP contribution in [0, 0.1) is 5.92 Å². The van der Waals surface area contributed by atoms with Gasteiger partial charge in [0.1, 0.15) is 5.82 Å². The number of carboxylic acids is 1. The summed E-state index contributed by atoms with van der Waals surface area (Å²) in [5, 5.41) is 8.81. The number of anilines is 1. The quantitative estimate of drug-likeness (QED) is 0.883. The zero-order chi connectivity index (χ0) is 13.3. The van der Waals surface area contributed by atoms with E-state index in [0.717, 1.165) is 12.8 Å². The minimum Gasteiger partial charge on any atom is -0.478 e. The fourth-order valence-corrected chi connectivity index (χ4v) is 1.75. The number of hydrogen-bond donors (Lipinski definition) is 1. The van der Waals surface area contributed by atoms with Crippen molar-refractivity contribution < 1.29 is 14.7 Å². The Morgan fingerprint density at radius 3 is 2.44 bits per heavy atom. The molecule has 18 heavy (non-hydrogen) atoms. The molecule has 0 bridgehead atoms. The van der Waals surface area contributed by atoms with Crippen molar-refractivity contribution in [2.45, 2.75) is 32.7 Å². The molecule has 1 aliphatic rings. The molecule has 1 fully saturated rings. The molecule has 1 N–H and O–H groups in total. The van der Waals surface area contributed by atoms with Gasteiger partial charge >= 0.3 is 5.97 Å². The van der Waals surface area contributed by atoms with Gasteiger partial charge in [-0.1, -0.05) is 13.8 Å². The van der Waals surface area contributed by atoms with Gasteiger partial charge in [0.25, 0.3) is 0 Å². The second kappa shape index (κ2) is 4.76. The van der Waals surface area contributed by atoms with E-state index in [2.05, 4.69) is 4.98 Å². The van der Waals surface area contributed by atoms with Crippen LogP contribution in [0.3, 0.4) is 0 Å². The molecular weight excluding hydrogens is 232 g/mol. The lowest BCUT2D eigenvalue weighted by Gasteiger charge is -2.23. The minimum atomic E-state index is -1.01. The second-order valence-corrected chi connectivity index (χ2v) is 4.80. The Bertz CT molecular complexity index is 464. The van der Waals surface area contributed by atoms with Crippen LogP contribution in [0.1, 0.15) is 37.0 Å². The smallest absolute Gasteiger partial charge is 0.337 e. The lowest BCUT2D eigenvalue weighted by molar-refractivity contribution is -0.121. The van der Waals surface area contributed by atoms with Crippen LogP contribution in [-0.2, 0) is 4.79 Å². The number of amides is 1. The van der Waals surface area contributed by atoms with E-state index in [9.17, 15) is 9.59 Å². The van der Waals surface area contributed by atoms with Crippen molar-refractivity contribution in [2.24, 2.45) is 5.92 Å². The first-order valence-electron chi connectivity index (χ1n) is 6.03. The molecule has 2 rings (SSSR count). The number of nitrogens with zero attached hydrogens (tertiary/aromatic N) is 2. The molecule has 1 amide bonds. The summed E-state index contributed by atoms with van der Waals surface area (Å²) >= 11 is 0. The van der Waals surface area contributed by atoms with Gasteiger partial charge in [0.05, 0.1) is 5.56 Å². The molecule has 5 heteroatoms. The van der Waals surface area contributed by atoms with Gasteiger partial charge in [0.2, 0.25) is 5.91 Å². The largest absolute Gasteiger partial charge is 0.478 e. The first kappa shape index (κ1) is 12.5. The van der Waals surface area contributed by atoms with Crippen LogP contribution in [0.25, 0.3) is 0 Å². The van der Waals surface area contributed by atoms with Gasteiger partial charge in [-0.3, -0.25) is 9.69 Å². The molecule has 1 aromatic heterocycles. The first-order chi connectivity index (χ1) is 8.50. The predicted molar refractivity (Wildman–Crippen MR) is 66.5 cm³/mol. The standard InChI is InChI=1S/C13H16N2O3/c1-8(2)12(16)15(10-4-5-10)11-6-3-9(7-14-11)13(17)18/h3,6-8,10H,4-5H2,1-2H3,(H,17,18). The average Bonchev–Trinajstić information content (AvgIpc) is 3.14. The summed E-state index contributed by atoms with van der Waals surface area (Å²) in [6.45, 7) is 3.70. The normalized spacial score (nSPS) is 14.6. The molecule has 1 aliphatic carbocycles. The van der Waals surface area contributed by atoms with Crippen molar-refractivity contribution in [1.29, 1.82) is 0 Å². The zero-order valence-electron chi connectivity index (χ0n) is 10.5. The zero-order valence-corrected chi connectivity index (χ0v) is 10.5. The summed E-state index contributed by atoms with van der Waals surface area (Å²) in [7, 11) is 0. The SMILES string of the molecule is CC(C)C(=O)N(c1ccc(C(=O)O)cn1)C1CC1. The summed E-state index contributed by atoms with van der Waals surface area (Å²) in [5.41, 5.74) is 0.131. The lowest BCUT2D eigenvalue weighted by atomic mass is 10.2. The topological polar surface area (TPSA) is 70.5 Å². The molecule has 0 unspecified atom stereocenters. The molecule has 1 saturated carbocycles. The van der Waals surface area contributed by atoms with Crippen LogP contribution in [0.15, 0.2) is 18.3 Å². The number of aromatic carboxylic acids is 1. The number of pyridine rings is 1. The summed E-state index contributed by atoms with van der Waals surface area (Å²) < 4.78 is 0.